The molecule has 5 nitrogen and oxygen atoms in total. The summed E-state index contributed by atoms with van der Waals surface area (Å²) >= 11 is 0. The van der Waals surface area contributed by atoms with Gasteiger partial charge in [0, 0.05) is 0 Å². The number of aromatic nitrogens is 2. The standard InChI is InChI=1S/C15H19N3O2/c1-9(2)12-6-5-11(7-10(12)3)20-15-13(16)14(19-4)17-8-18-15/h5-9H,16H2,1-4H3. The predicted octanol–water partition coefficient (Wildman–Crippen LogP) is 3.29. The van der Waals surface area contributed by atoms with Crippen LogP contribution in [0.1, 0.15) is 30.9 Å². The summed E-state index contributed by atoms with van der Waals surface area (Å²) in [5, 5.41) is 0. The molecule has 0 amide bonds. The molecular weight excluding hydrogens is 254 g/mol. The maximum atomic E-state index is 5.88. The van der Waals surface area contributed by atoms with E-state index in [2.05, 4.69) is 36.8 Å². The number of nitrogens with zero attached hydrogens (tertiary/aromatic N) is 2. The number of hydrogen-bond donors (Lipinski definition) is 1. The van der Waals surface area contributed by atoms with Crippen molar-refractivity contribution in [3.05, 3.63) is 35.7 Å². The lowest BCUT2D eigenvalue weighted by Gasteiger charge is -2.13. The molecule has 0 bridgehead atoms. The Kier molecular flexibility index (Phi) is 4.08. The zero-order valence-electron chi connectivity index (χ0n) is 12.2. The third-order valence-corrected chi connectivity index (χ3v) is 3.08. The maximum absolute atomic E-state index is 5.88. The van der Waals surface area contributed by atoms with Gasteiger partial charge in [-0.2, -0.15) is 9.97 Å². The van der Waals surface area contributed by atoms with E-state index in [1.54, 1.807) is 0 Å². The van der Waals surface area contributed by atoms with Crippen LogP contribution in [0.3, 0.4) is 0 Å². The van der Waals surface area contributed by atoms with Crippen molar-refractivity contribution in [3.8, 4) is 17.5 Å². The normalized spacial score (nSPS) is 10.7. The van der Waals surface area contributed by atoms with Crippen molar-refractivity contribution in [2.24, 2.45) is 0 Å². The van der Waals surface area contributed by atoms with E-state index in [9.17, 15) is 0 Å². The number of rotatable bonds is 4. The zero-order chi connectivity index (χ0) is 14.7. The van der Waals surface area contributed by atoms with E-state index in [4.69, 9.17) is 15.2 Å². The van der Waals surface area contributed by atoms with Gasteiger partial charge in [0.25, 0.3) is 0 Å². The number of ether oxygens (including phenoxy) is 2. The molecule has 2 aromatic rings. The smallest absolute Gasteiger partial charge is 0.249 e. The van der Waals surface area contributed by atoms with Gasteiger partial charge in [-0.25, -0.2) is 0 Å². The Morgan fingerprint density at radius 3 is 2.45 bits per heavy atom. The Hall–Kier alpha value is -2.30. The fraction of sp³-hybridized carbons (Fsp3) is 0.333. The third-order valence-electron chi connectivity index (χ3n) is 3.08. The molecule has 0 unspecified atom stereocenters. The topological polar surface area (TPSA) is 70.3 Å². The molecule has 20 heavy (non-hydrogen) atoms. The van der Waals surface area contributed by atoms with Crippen molar-refractivity contribution < 1.29 is 9.47 Å². The Balaban J connectivity index is 2.29. The highest BCUT2D eigenvalue weighted by molar-refractivity contribution is 5.57. The van der Waals surface area contributed by atoms with Crippen LogP contribution >= 0.6 is 0 Å². The highest BCUT2D eigenvalue weighted by Crippen LogP contribution is 2.31. The fourth-order valence-corrected chi connectivity index (χ4v) is 2.08. The second kappa shape index (κ2) is 5.77. The first-order valence-corrected chi connectivity index (χ1v) is 6.45. The van der Waals surface area contributed by atoms with Crippen molar-refractivity contribution >= 4 is 5.69 Å². The zero-order valence-corrected chi connectivity index (χ0v) is 12.2. The van der Waals surface area contributed by atoms with Crippen molar-refractivity contribution in [2.75, 3.05) is 12.8 Å². The molecule has 106 valence electrons. The van der Waals surface area contributed by atoms with E-state index in [1.165, 1.54) is 24.6 Å². The van der Waals surface area contributed by atoms with Gasteiger partial charge in [0.05, 0.1) is 7.11 Å². The summed E-state index contributed by atoms with van der Waals surface area (Å²) in [6.07, 6.45) is 1.36. The van der Waals surface area contributed by atoms with Gasteiger partial charge in [0.15, 0.2) is 5.69 Å². The van der Waals surface area contributed by atoms with Crippen LogP contribution < -0.4 is 15.2 Å². The van der Waals surface area contributed by atoms with Crippen LogP contribution in [-0.4, -0.2) is 17.1 Å². The summed E-state index contributed by atoms with van der Waals surface area (Å²) in [6, 6.07) is 5.95. The van der Waals surface area contributed by atoms with Crippen molar-refractivity contribution in [1.82, 2.24) is 9.97 Å². The first-order valence-electron chi connectivity index (χ1n) is 6.45. The van der Waals surface area contributed by atoms with Crippen LogP contribution in [0.15, 0.2) is 24.5 Å². The molecule has 0 aliphatic rings. The molecule has 5 heteroatoms. The second-order valence-corrected chi connectivity index (χ2v) is 4.88. The highest BCUT2D eigenvalue weighted by Gasteiger charge is 2.11. The SMILES string of the molecule is COc1ncnc(Oc2ccc(C(C)C)c(C)c2)c1N. The van der Waals surface area contributed by atoms with E-state index < -0.39 is 0 Å². The van der Waals surface area contributed by atoms with Crippen LogP contribution in [0.25, 0.3) is 0 Å². The van der Waals surface area contributed by atoms with Gasteiger partial charge in [-0.1, -0.05) is 19.9 Å². The van der Waals surface area contributed by atoms with E-state index in [0.29, 0.717) is 29.1 Å². The highest BCUT2D eigenvalue weighted by atomic mass is 16.5. The van der Waals surface area contributed by atoms with Crippen molar-refractivity contribution in [3.63, 3.8) is 0 Å². The molecule has 2 rings (SSSR count). The Morgan fingerprint density at radius 2 is 1.85 bits per heavy atom. The molecule has 0 aliphatic heterocycles. The van der Waals surface area contributed by atoms with Crippen LogP contribution in [0.4, 0.5) is 5.69 Å². The first-order chi connectivity index (χ1) is 9.52. The van der Waals surface area contributed by atoms with Gasteiger partial charge in [-0.15, -0.1) is 0 Å². The molecule has 1 heterocycles. The molecule has 0 saturated carbocycles. The lowest BCUT2D eigenvalue weighted by atomic mass is 9.98. The minimum absolute atomic E-state index is 0.292. The maximum Gasteiger partial charge on any atom is 0.249 e. The van der Waals surface area contributed by atoms with Crippen molar-refractivity contribution in [1.29, 1.82) is 0 Å². The Bertz CT molecular complexity index is 612. The molecule has 0 fully saturated rings. The molecule has 0 radical (unpaired) electrons. The lowest BCUT2D eigenvalue weighted by molar-refractivity contribution is 0.391. The van der Waals surface area contributed by atoms with Crippen LogP contribution in [0, 0.1) is 6.92 Å². The largest absolute Gasteiger partial charge is 0.479 e. The Labute approximate surface area is 118 Å². The fourth-order valence-electron chi connectivity index (χ4n) is 2.08. The summed E-state index contributed by atoms with van der Waals surface area (Å²) in [7, 11) is 1.50. The predicted molar refractivity (Wildman–Crippen MR) is 78.3 cm³/mol. The van der Waals surface area contributed by atoms with Crippen LogP contribution in [-0.2, 0) is 0 Å². The summed E-state index contributed by atoms with van der Waals surface area (Å²) in [5.41, 5.74) is 8.65. The van der Waals surface area contributed by atoms with Gasteiger partial charge >= 0.3 is 0 Å². The number of methoxy groups -OCH3 is 1. The molecule has 0 saturated heterocycles. The summed E-state index contributed by atoms with van der Waals surface area (Å²) < 4.78 is 10.8. The molecular formula is C15H19N3O2. The molecule has 0 aliphatic carbocycles. The van der Waals surface area contributed by atoms with Crippen LogP contribution in [0.2, 0.25) is 0 Å². The number of nitrogen functional groups attached to an aromatic ring is 1. The molecule has 1 aromatic carbocycles. The number of benzene rings is 1. The average Bonchev–Trinajstić information content (AvgIpc) is 2.41. The minimum atomic E-state index is 0.292. The van der Waals surface area contributed by atoms with Gasteiger partial charge in [0.2, 0.25) is 11.8 Å². The average molecular weight is 273 g/mol. The lowest BCUT2D eigenvalue weighted by Crippen LogP contribution is -2.01. The summed E-state index contributed by atoms with van der Waals surface area (Å²) in [6.45, 7) is 6.39. The van der Waals surface area contributed by atoms with E-state index in [-0.39, 0.29) is 0 Å². The van der Waals surface area contributed by atoms with Crippen molar-refractivity contribution in [2.45, 2.75) is 26.7 Å². The number of hydrogen-bond acceptors (Lipinski definition) is 5. The molecule has 1 aromatic heterocycles. The van der Waals surface area contributed by atoms with Gasteiger partial charge < -0.3 is 15.2 Å². The number of nitrogens with two attached hydrogens (primary N) is 1. The molecule has 0 atom stereocenters. The second-order valence-electron chi connectivity index (χ2n) is 4.88. The summed E-state index contributed by atoms with van der Waals surface area (Å²) in [5.74, 6) is 1.78. The van der Waals surface area contributed by atoms with E-state index in [1.807, 2.05) is 12.1 Å². The Morgan fingerprint density at radius 1 is 1.15 bits per heavy atom. The van der Waals surface area contributed by atoms with Gasteiger partial charge in [-0.3, -0.25) is 0 Å². The number of aryl methyl sites for hydroxylation is 1. The van der Waals surface area contributed by atoms with Gasteiger partial charge in [-0.05, 0) is 36.1 Å². The number of anilines is 1. The quantitative estimate of drug-likeness (QED) is 0.925. The van der Waals surface area contributed by atoms with E-state index >= 15 is 0 Å². The minimum Gasteiger partial charge on any atom is -0.479 e. The monoisotopic (exact) mass is 273 g/mol. The van der Waals surface area contributed by atoms with Gasteiger partial charge in [0.1, 0.15) is 12.1 Å². The first kappa shape index (κ1) is 14.1. The third kappa shape index (κ3) is 2.82. The molecule has 2 N–H and O–H groups in total. The molecule has 0 spiro atoms. The summed E-state index contributed by atoms with van der Waals surface area (Å²) in [4.78, 5) is 7.95. The van der Waals surface area contributed by atoms with Crippen LogP contribution in [0.5, 0.6) is 17.5 Å². The van der Waals surface area contributed by atoms with E-state index in [0.717, 1.165) is 0 Å².